The van der Waals surface area contributed by atoms with Gasteiger partial charge in [0.25, 0.3) is 0 Å². The molecule has 2 aromatic rings. The van der Waals surface area contributed by atoms with E-state index in [4.69, 9.17) is 5.73 Å². The number of rotatable bonds is 1. The van der Waals surface area contributed by atoms with E-state index in [9.17, 15) is 0 Å². The van der Waals surface area contributed by atoms with E-state index in [-0.39, 0.29) is 6.04 Å². The van der Waals surface area contributed by atoms with Gasteiger partial charge in [0.15, 0.2) is 0 Å². The molecular weight excluding hydrogens is 218 g/mol. The van der Waals surface area contributed by atoms with Crippen molar-refractivity contribution in [3.63, 3.8) is 0 Å². The maximum Gasteiger partial charge on any atom is 0.0298 e. The second-order valence-electron chi connectivity index (χ2n) is 5.29. The van der Waals surface area contributed by atoms with Gasteiger partial charge in [-0.05, 0) is 47.1 Å². The van der Waals surface area contributed by atoms with Gasteiger partial charge in [0.1, 0.15) is 0 Å². The predicted molar refractivity (Wildman–Crippen MR) is 76.5 cm³/mol. The lowest BCUT2D eigenvalue weighted by atomic mass is 9.80. The molecule has 0 saturated carbocycles. The molecule has 2 aromatic carbocycles. The quantitative estimate of drug-likeness (QED) is 0.788. The molecule has 2 N–H and O–H groups in total. The summed E-state index contributed by atoms with van der Waals surface area (Å²) in [6, 6.07) is 17.5. The van der Waals surface area contributed by atoms with Crippen molar-refractivity contribution in [2.75, 3.05) is 0 Å². The molecule has 3 rings (SSSR count). The summed E-state index contributed by atoms with van der Waals surface area (Å²) in [5, 5.41) is 0. The monoisotopic (exact) mass is 237 g/mol. The zero-order valence-electron chi connectivity index (χ0n) is 10.8. The van der Waals surface area contributed by atoms with Gasteiger partial charge < -0.3 is 5.73 Å². The highest BCUT2D eigenvalue weighted by atomic mass is 14.6. The number of hydrogen-bond donors (Lipinski definition) is 1. The zero-order valence-corrected chi connectivity index (χ0v) is 10.8. The summed E-state index contributed by atoms with van der Waals surface area (Å²) in [6.07, 6.45) is 2.31. The topological polar surface area (TPSA) is 26.0 Å². The van der Waals surface area contributed by atoms with Crippen LogP contribution < -0.4 is 5.73 Å². The minimum Gasteiger partial charge on any atom is -0.324 e. The molecule has 2 atom stereocenters. The van der Waals surface area contributed by atoms with Crippen molar-refractivity contribution in [2.24, 2.45) is 5.73 Å². The van der Waals surface area contributed by atoms with Crippen molar-refractivity contribution in [3.05, 3.63) is 59.7 Å². The smallest absolute Gasteiger partial charge is 0.0298 e. The molecule has 0 bridgehead atoms. The van der Waals surface area contributed by atoms with Crippen LogP contribution in [0.1, 0.15) is 42.9 Å². The fourth-order valence-corrected chi connectivity index (χ4v) is 2.90. The Morgan fingerprint density at radius 1 is 0.889 bits per heavy atom. The SMILES string of the molecule is CC1CC[C@@H](N)c2cc(-c3ccccc3)ccc21. The lowest BCUT2D eigenvalue weighted by Gasteiger charge is -2.28. The molecule has 92 valence electrons. The Morgan fingerprint density at radius 3 is 2.44 bits per heavy atom. The minimum atomic E-state index is 0.208. The molecule has 0 saturated heterocycles. The summed E-state index contributed by atoms with van der Waals surface area (Å²) in [7, 11) is 0. The second kappa shape index (κ2) is 4.58. The lowest BCUT2D eigenvalue weighted by molar-refractivity contribution is 0.514. The maximum absolute atomic E-state index is 6.26. The van der Waals surface area contributed by atoms with Gasteiger partial charge in [0, 0.05) is 6.04 Å². The molecule has 1 aliphatic carbocycles. The highest BCUT2D eigenvalue weighted by Crippen LogP contribution is 2.37. The highest BCUT2D eigenvalue weighted by molar-refractivity contribution is 5.65. The van der Waals surface area contributed by atoms with Gasteiger partial charge in [-0.2, -0.15) is 0 Å². The summed E-state index contributed by atoms with van der Waals surface area (Å²) >= 11 is 0. The first kappa shape index (κ1) is 11.5. The number of fused-ring (bicyclic) bond motifs is 1. The maximum atomic E-state index is 6.26. The number of hydrogen-bond acceptors (Lipinski definition) is 1. The van der Waals surface area contributed by atoms with E-state index in [0.29, 0.717) is 5.92 Å². The molecule has 0 aliphatic heterocycles. The van der Waals surface area contributed by atoms with Crippen molar-refractivity contribution in [1.82, 2.24) is 0 Å². The third-order valence-electron chi connectivity index (χ3n) is 4.03. The number of nitrogens with two attached hydrogens (primary N) is 1. The summed E-state index contributed by atoms with van der Waals surface area (Å²) in [5.41, 5.74) is 11.6. The van der Waals surface area contributed by atoms with Crippen molar-refractivity contribution < 1.29 is 0 Å². The first-order valence-corrected chi connectivity index (χ1v) is 6.70. The van der Waals surface area contributed by atoms with Gasteiger partial charge in [0.2, 0.25) is 0 Å². The van der Waals surface area contributed by atoms with Crippen LogP contribution in [0.2, 0.25) is 0 Å². The van der Waals surface area contributed by atoms with Crippen molar-refractivity contribution in [1.29, 1.82) is 0 Å². The van der Waals surface area contributed by atoms with Gasteiger partial charge in [-0.25, -0.2) is 0 Å². The van der Waals surface area contributed by atoms with E-state index in [0.717, 1.165) is 6.42 Å². The Kier molecular flexibility index (Phi) is 2.92. The van der Waals surface area contributed by atoms with Gasteiger partial charge in [-0.3, -0.25) is 0 Å². The fraction of sp³-hybridized carbons (Fsp3) is 0.294. The third kappa shape index (κ3) is 1.95. The molecule has 1 aliphatic rings. The van der Waals surface area contributed by atoms with Crippen LogP contribution in [0.4, 0.5) is 0 Å². The Hall–Kier alpha value is -1.60. The molecule has 1 heteroatoms. The highest BCUT2D eigenvalue weighted by Gasteiger charge is 2.22. The van der Waals surface area contributed by atoms with E-state index in [1.807, 2.05) is 0 Å². The lowest BCUT2D eigenvalue weighted by Crippen LogP contribution is -2.19. The van der Waals surface area contributed by atoms with Crippen LogP contribution in [0.15, 0.2) is 48.5 Å². The van der Waals surface area contributed by atoms with Gasteiger partial charge in [-0.1, -0.05) is 49.4 Å². The van der Waals surface area contributed by atoms with Crippen LogP contribution in [-0.2, 0) is 0 Å². The van der Waals surface area contributed by atoms with Gasteiger partial charge >= 0.3 is 0 Å². The largest absolute Gasteiger partial charge is 0.324 e. The normalized spacial score (nSPS) is 22.6. The van der Waals surface area contributed by atoms with Crippen molar-refractivity contribution >= 4 is 0 Å². The van der Waals surface area contributed by atoms with E-state index >= 15 is 0 Å². The van der Waals surface area contributed by atoms with Crippen LogP contribution in [0, 0.1) is 0 Å². The number of benzene rings is 2. The van der Waals surface area contributed by atoms with Gasteiger partial charge in [0.05, 0.1) is 0 Å². The van der Waals surface area contributed by atoms with Crippen LogP contribution in [0.5, 0.6) is 0 Å². The van der Waals surface area contributed by atoms with Crippen molar-refractivity contribution in [2.45, 2.75) is 31.7 Å². The molecular formula is C17H19N. The summed E-state index contributed by atoms with van der Waals surface area (Å²) in [4.78, 5) is 0. The van der Waals surface area contributed by atoms with Crippen LogP contribution in [0.25, 0.3) is 11.1 Å². The first-order chi connectivity index (χ1) is 8.75. The molecule has 0 amide bonds. The van der Waals surface area contributed by atoms with Crippen LogP contribution >= 0.6 is 0 Å². The Balaban J connectivity index is 2.08. The first-order valence-electron chi connectivity index (χ1n) is 6.70. The van der Waals surface area contributed by atoms with Crippen molar-refractivity contribution in [3.8, 4) is 11.1 Å². The Bertz CT molecular complexity index is 545. The summed E-state index contributed by atoms with van der Waals surface area (Å²) in [5.74, 6) is 0.643. The molecule has 0 radical (unpaired) electrons. The molecule has 0 fully saturated rings. The van der Waals surface area contributed by atoms with Gasteiger partial charge in [-0.15, -0.1) is 0 Å². The Morgan fingerprint density at radius 2 is 1.67 bits per heavy atom. The minimum absolute atomic E-state index is 0.208. The van der Waals surface area contributed by atoms with E-state index in [1.165, 1.54) is 28.7 Å². The van der Waals surface area contributed by atoms with E-state index < -0.39 is 0 Å². The van der Waals surface area contributed by atoms with E-state index in [1.54, 1.807) is 0 Å². The fourth-order valence-electron chi connectivity index (χ4n) is 2.90. The summed E-state index contributed by atoms with van der Waals surface area (Å²) < 4.78 is 0. The molecule has 0 spiro atoms. The second-order valence-corrected chi connectivity index (χ2v) is 5.29. The average Bonchev–Trinajstić information content (AvgIpc) is 2.44. The molecule has 1 nitrogen and oxygen atoms in total. The Labute approximate surface area is 109 Å². The standard InChI is InChI=1S/C17H19N/c1-12-7-10-17(18)16-11-14(8-9-15(12)16)13-5-3-2-4-6-13/h2-6,8-9,11-12,17H,7,10,18H2,1H3/t12?,17-/m1/s1. The van der Waals surface area contributed by atoms with E-state index in [2.05, 4.69) is 55.5 Å². The molecule has 0 aromatic heterocycles. The predicted octanol–water partition coefficient (Wildman–Crippen LogP) is 4.25. The molecule has 1 unspecified atom stereocenters. The molecule has 0 heterocycles. The van der Waals surface area contributed by atoms with Crippen LogP contribution in [0.3, 0.4) is 0 Å². The van der Waals surface area contributed by atoms with Crippen LogP contribution in [-0.4, -0.2) is 0 Å². The zero-order chi connectivity index (χ0) is 12.5. The molecule has 18 heavy (non-hydrogen) atoms. The average molecular weight is 237 g/mol. The third-order valence-corrected chi connectivity index (χ3v) is 4.03. The summed E-state index contributed by atoms with van der Waals surface area (Å²) in [6.45, 7) is 2.30.